The molecule has 1 unspecified atom stereocenters. The number of ether oxygens (including phenoxy) is 2. The molecular weight excluding hydrogens is 883 g/mol. The third-order valence-corrected chi connectivity index (χ3v) is 13.0. The van der Waals surface area contributed by atoms with Gasteiger partial charge in [-0.3, -0.25) is 14.5 Å². The van der Waals surface area contributed by atoms with Gasteiger partial charge in [-0.2, -0.15) is 10.2 Å². The fraction of sp³-hybridized carbons (Fsp3) is 0.245. The molecule has 8 aromatic rings. The summed E-state index contributed by atoms with van der Waals surface area (Å²) in [5.74, 6) is 5.38. The van der Waals surface area contributed by atoms with Gasteiger partial charge in [0.2, 0.25) is 5.91 Å². The molecule has 17 nitrogen and oxygen atoms in total. The number of nitrogens with two attached hydrogens (primary N) is 2. The largest absolute Gasteiger partial charge is 0.457 e. The first-order chi connectivity index (χ1) is 34.1. The predicted molar refractivity (Wildman–Crippen MR) is 268 cm³/mol. The van der Waals surface area contributed by atoms with Crippen LogP contribution in [0, 0.1) is 19.3 Å². The van der Waals surface area contributed by atoms with Crippen molar-refractivity contribution >= 4 is 45.5 Å². The molecule has 10 rings (SSSR count). The molecule has 70 heavy (non-hydrogen) atoms. The van der Waals surface area contributed by atoms with E-state index in [4.69, 9.17) is 37.6 Å². The molecule has 6 heterocycles. The molecule has 352 valence electrons. The quantitative estimate of drug-likeness (QED) is 0.0846. The molecule has 2 aliphatic rings. The highest BCUT2D eigenvalue weighted by molar-refractivity contribution is 5.99. The predicted octanol–water partition coefficient (Wildman–Crippen LogP) is 7.62. The van der Waals surface area contributed by atoms with Gasteiger partial charge in [-0.15, -0.1) is 6.42 Å². The lowest BCUT2D eigenvalue weighted by molar-refractivity contribution is -0.126. The van der Waals surface area contributed by atoms with E-state index in [1.165, 1.54) is 12.7 Å². The van der Waals surface area contributed by atoms with Crippen molar-refractivity contribution in [2.75, 3.05) is 51.2 Å². The number of anilines is 2. The summed E-state index contributed by atoms with van der Waals surface area (Å²) >= 11 is 0. The molecule has 17 heteroatoms. The van der Waals surface area contributed by atoms with Crippen LogP contribution in [0.5, 0.6) is 23.0 Å². The number of nitrogens with zero attached hydrogens (tertiary/aromatic N) is 11. The number of nitrogen functional groups attached to an aromatic ring is 2. The molecule has 0 radical (unpaired) electrons. The molecule has 0 saturated carbocycles. The smallest absolute Gasteiger partial charge is 0.298 e. The van der Waals surface area contributed by atoms with Gasteiger partial charge in [0, 0.05) is 62.0 Å². The van der Waals surface area contributed by atoms with E-state index in [0.717, 1.165) is 33.8 Å². The minimum absolute atomic E-state index is 0.0152. The highest BCUT2D eigenvalue weighted by Crippen LogP contribution is 2.38. The first-order valence-corrected chi connectivity index (χ1v) is 23.2. The number of carbonyl (C=O) groups is 2. The Morgan fingerprint density at radius 1 is 0.714 bits per heavy atom. The minimum Gasteiger partial charge on any atom is -0.457 e. The van der Waals surface area contributed by atoms with E-state index < -0.39 is 0 Å². The summed E-state index contributed by atoms with van der Waals surface area (Å²) in [6, 6.07) is 31.0. The van der Waals surface area contributed by atoms with Crippen LogP contribution in [0.1, 0.15) is 42.5 Å². The van der Waals surface area contributed by atoms with Crippen LogP contribution in [0.4, 0.5) is 11.6 Å². The van der Waals surface area contributed by atoms with Crippen LogP contribution in [0.3, 0.4) is 0 Å². The van der Waals surface area contributed by atoms with Crippen molar-refractivity contribution in [3.8, 4) is 57.9 Å². The summed E-state index contributed by atoms with van der Waals surface area (Å²) < 4.78 is 16.3. The molecule has 0 spiro atoms. The van der Waals surface area contributed by atoms with Crippen LogP contribution in [-0.2, 0) is 16.1 Å². The number of amides is 2. The van der Waals surface area contributed by atoms with Crippen LogP contribution >= 0.6 is 0 Å². The van der Waals surface area contributed by atoms with Crippen molar-refractivity contribution in [1.29, 1.82) is 0 Å². The van der Waals surface area contributed by atoms with Crippen molar-refractivity contribution in [1.82, 2.24) is 54.2 Å². The number of terminal acetylenes is 1. The van der Waals surface area contributed by atoms with Gasteiger partial charge in [0.15, 0.2) is 11.3 Å². The van der Waals surface area contributed by atoms with Gasteiger partial charge < -0.3 is 30.7 Å². The number of aryl methyl sites for hydroxylation is 1. The maximum absolute atomic E-state index is 13.6. The second kappa shape index (κ2) is 19.5. The average Bonchev–Trinajstić information content (AvgIpc) is 4.13. The molecule has 1 atom stereocenters. The Hall–Kier alpha value is -8.62. The monoisotopic (exact) mass is 933 g/mol. The van der Waals surface area contributed by atoms with Gasteiger partial charge in [-0.1, -0.05) is 36.4 Å². The second-order valence-electron chi connectivity index (χ2n) is 17.6. The van der Waals surface area contributed by atoms with Crippen LogP contribution in [0.15, 0.2) is 122 Å². The van der Waals surface area contributed by atoms with Crippen molar-refractivity contribution in [2.24, 2.45) is 0 Å². The number of hydrogen-bond acceptors (Lipinski definition) is 13. The molecule has 2 amide bonds. The van der Waals surface area contributed by atoms with Gasteiger partial charge in [0.05, 0.1) is 22.9 Å². The molecule has 0 bridgehead atoms. The lowest BCUT2D eigenvalue weighted by Gasteiger charge is -2.30. The number of rotatable bonds is 13. The van der Waals surface area contributed by atoms with E-state index in [0.29, 0.717) is 115 Å². The highest BCUT2D eigenvalue weighted by atomic mass is 16.5. The Balaban J connectivity index is 0.770. The Morgan fingerprint density at radius 3 is 1.89 bits per heavy atom. The fourth-order valence-electron chi connectivity index (χ4n) is 9.31. The first kappa shape index (κ1) is 45.2. The lowest BCUT2D eigenvalue weighted by atomic mass is 10.1. The molecule has 2 aliphatic heterocycles. The molecule has 2 fully saturated rings. The zero-order valence-corrected chi connectivity index (χ0v) is 38.9. The number of benzene rings is 4. The number of fused-ring (bicyclic) bond motifs is 2. The SMILES string of the molecule is C#CC(=O)N1CCC(n2nc(-c3ccc(Oc4cccc(C)c4CN(C)CC=CC(=O)N4CCC(n5nc(-c6ccc(Oc7ccccc7)cc6)c6c(N)ncnc65)C4)cc3)c3c(N)ncnc32)CC1. The standard InChI is InChI=1S/C53H51N13O4/c1-4-44(67)63-27-23-37(24-28-63)65-52-46(50(54)56-32-58-52)48(60-65)36-17-21-41(22-18-36)70-43-13-8-10-34(2)42(43)31-62(3)26-9-14-45(68)64-29-25-38(30-64)66-53-47(51(55)57-33-59-53)49(61-66)35-15-19-40(20-16-35)69-39-11-6-5-7-12-39/h1,5-22,32-33,37-38H,23-31H2,2-3H3,(H2,54,56,58)(H2,55,57,59). The minimum atomic E-state index is -0.299. The summed E-state index contributed by atoms with van der Waals surface area (Å²) in [4.78, 5) is 49.1. The van der Waals surface area contributed by atoms with Gasteiger partial charge in [-0.05, 0) is 111 Å². The zero-order valence-electron chi connectivity index (χ0n) is 38.9. The topological polar surface area (TPSA) is 202 Å². The molecular formula is C53H51N13O4. The number of likely N-dealkylation sites (tertiary alicyclic amines) is 2. The number of likely N-dealkylation sites (N-methyl/N-ethyl adjacent to an activating group) is 1. The number of para-hydroxylation sites is 1. The average molecular weight is 934 g/mol. The van der Waals surface area contributed by atoms with Gasteiger partial charge >= 0.3 is 0 Å². The Kier molecular flexibility index (Phi) is 12.6. The normalized spacial score (nSPS) is 15.3. The highest BCUT2D eigenvalue weighted by Gasteiger charge is 2.31. The molecule has 4 aromatic heterocycles. The fourth-order valence-corrected chi connectivity index (χ4v) is 9.31. The molecule has 2 saturated heterocycles. The number of hydrogen-bond donors (Lipinski definition) is 2. The molecule has 0 aliphatic carbocycles. The van der Waals surface area contributed by atoms with Crippen LogP contribution in [0.2, 0.25) is 0 Å². The second-order valence-corrected chi connectivity index (χ2v) is 17.6. The molecule has 4 N–H and O–H groups in total. The van der Waals surface area contributed by atoms with Gasteiger partial charge in [0.25, 0.3) is 5.91 Å². The van der Waals surface area contributed by atoms with Crippen molar-refractivity contribution in [3.05, 3.63) is 133 Å². The van der Waals surface area contributed by atoms with E-state index >= 15 is 0 Å². The van der Waals surface area contributed by atoms with E-state index in [2.05, 4.69) is 43.7 Å². The first-order valence-electron chi connectivity index (χ1n) is 23.2. The van der Waals surface area contributed by atoms with Crippen molar-refractivity contribution in [3.63, 3.8) is 0 Å². The van der Waals surface area contributed by atoms with E-state index in [-0.39, 0.29) is 23.9 Å². The summed E-state index contributed by atoms with van der Waals surface area (Å²) in [6.45, 7) is 5.33. The third kappa shape index (κ3) is 9.19. The number of aromatic nitrogens is 8. The van der Waals surface area contributed by atoms with E-state index in [1.54, 1.807) is 11.0 Å². The Labute approximate surface area is 404 Å². The van der Waals surface area contributed by atoms with Crippen LogP contribution in [0.25, 0.3) is 44.6 Å². The van der Waals surface area contributed by atoms with E-state index in [1.807, 2.05) is 118 Å². The van der Waals surface area contributed by atoms with Crippen molar-refractivity contribution in [2.45, 2.75) is 44.8 Å². The van der Waals surface area contributed by atoms with Gasteiger partial charge in [0.1, 0.15) is 58.7 Å². The summed E-state index contributed by atoms with van der Waals surface area (Å²) in [7, 11) is 2.02. The Morgan fingerprint density at radius 2 is 1.27 bits per heavy atom. The van der Waals surface area contributed by atoms with Crippen LogP contribution in [-0.4, -0.2) is 106 Å². The third-order valence-electron chi connectivity index (χ3n) is 13.0. The number of piperidine rings is 1. The van der Waals surface area contributed by atoms with Gasteiger partial charge in [-0.25, -0.2) is 29.3 Å². The lowest BCUT2D eigenvalue weighted by Crippen LogP contribution is -2.38. The zero-order chi connectivity index (χ0) is 48.3. The molecule has 4 aromatic carbocycles. The van der Waals surface area contributed by atoms with E-state index in [9.17, 15) is 9.59 Å². The maximum atomic E-state index is 13.6. The Bertz CT molecular complexity index is 3280. The van der Waals surface area contributed by atoms with Crippen LogP contribution < -0.4 is 20.9 Å². The number of carbonyl (C=O) groups excluding carboxylic acids is 2. The van der Waals surface area contributed by atoms with Crippen molar-refractivity contribution < 1.29 is 19.1 Å². The summed E-state index contributed by atoms with van der Waals surface area (Å²) in [5.41, 5.74) is 19.3. The summed E-state index contributed by atoms with van der Waals surface area (Å²) in [6.07, 6.45) is 13.9. The maximum Gasteiger partial charge on any atom is 0.298 e. The summed E-state index contributed by atoms with van der Waals surface area (Å²) in [5, 5.41) is 11.4.